The molecule has 5 rings (SSSR count). The summed E-state index contributed by atoms with van der Waals surface area (Å²) in [5, 5.41) is 1.55. The second-order valence-corrected chi connectivity index (χ2v) is 7.57. The lowest BCUT2D eigenvalue weighted by atomic mass is 9.97. The van der Waals surface area contributed by atoms with Crippen LogP contribution in [0, 0.1) is 0 Å². The minimum atomic E-state index is 0.0596. The highest BCUT2D eigenvalue weighted by molar-refractivity contribution is 6.29. The van der Waals surface area contributed by atoms with E-state index >= 15 is 0 Å². The lowest BCUT2D eigenvalue weighted by Crippen LogP contribution is -2.26. The Morgan fingerprint density at radius 2 is 1.90 bits per heavy atom. The van der Waals surface area contributed by atoms with Gasteiger partial charge in [-0.3, -0.25) is 9.78 Å². The van der Waals surface area contributed by atoms with Crippen LogP contribution in [0.5, 0.6) is 0 Å². The van der Waals surface area contributed by atoms with E-state index in [2.05, 4.69) is 17.1 Å². The second kappa shape index (κ2) is 7.30. The number of fused-ring (bicyclic) bond motifs is 2. The molecule has 142 valence electrons. The lowest BCUT2D eigenvalue weighted by Gasteiger charge is -2.15. The molecule has 5 heteroatoms. The van der Waals surface area contributed by atoms with Gasteiger partial charge in [0.15, 0.2) is 0 Å². The maximum absolute atomic E-state index is 13.2. The first kappa shape index (κ1) is 17.8. The van der Waals surface area contributed by atoms with E-state index in [1.54, 1.807) is 12.3 Å². The predicted molar refractivity (Wildman–Crippen MR) is 115 cm³/mol. The van der Waals surface area contributed by atoms with Crippen molar-refractivity contribution in [1.29, 1.82) is 0 Å². The van der Waals surface area contributed by atoms with Gasteiger partial charge in [-0.25, -0.2) is 4.98 Å². The molecule has 0 N–H and O–H groups in total. The van der Waals surface area contributed by atoms with E-state index < -0.39 is 0 Å². The molecule has 0 saturated heterocycles. The number of hydrogen-bond donors (Lipinski definition) is 0. The van der Waals surface area contributed by atoms with E-state index in [4.69, 9.17) is 16.6 Å². The molecule has 3 heterocycles. The van der Waals surface area contributed by atoms with Crippen molar-refractivity contribution in [3.05, 3.63) is 94.9 Å². The van der Waals surface area contributed by atoms with Crippen molar-refractivity contribution in [2.45, 2.75) is 13.0 Å². The molecule has 0 radical (unpaired) electrons. The van der Waals surface area contributed by atoms with Gasteiger partial charge >= 0.3 is 0 Å². The zero-order chi connectivity index (χ0) is 19.8. The number of rotatable bonds is 4. The first-order valence-electron chi connectivity index (χ1n) is 9.57. The fraction of sp³-hybridized carbons (Fsp3) is 0.125. The molecule has 4 nitrogen and oxygen atoms in total. The molecular formula is C24H18ClN3O. The number of carbonyl (C=O) groups excluding carboxylic acids is 1. The number of hydrogen-bond acceptors (Lipinski definition) is 3. The molecule has 0 saturated carbocycles. The zero-order valence-electron chi connectivity index (χ0n) is 15.7. The van der Waals surface area contributed by atoms with E-state index in [1.165, 1.54) is 0 Å². The molecule has 0 fully saturated rings. The molecule has 0 atom stereocenters. The number of benzene rings is 2. The molecule has 0 aliphatic carbocycles. The van der Waals surface area contributed by atoms with Crippen LogP contribution in [-0.2, 0) is 13.0 Å². The molecule has 2 aromatic heterocycles. The Kier molecular flexibility index (Phi) is 4.49. The van der Waals surface area contributed by atoms with Crippen molar-refractivity contribution in [3.8, 4) is 11.1 Å². The van der Waals surface area contributed by atoms with Gasteiger partial charge in [0.05, 0.1) is 11.1 Å². The fourth-order valence-corrected chi connectivity index (χ4v) is 4.08. The Hall–Kier alpha value is -3.24. The van der Waals surface area contributed by atoms with Gasteiger partial charge in [0.2, 0.25) is 0 Å². The van der Waals surface area contributed by atoms with E-state index in [0.717, 1.165) is 45.3 Å². The molecule has 4 aromatic rings. The summed E-state index contributed by atoms with van der Waals surface area (Å²) >= 11 is 6.06. The van der Waals surface area contributed by atoms with E-state index in [-0.39, 0.29) is 5.91 Å². The SMILES string of the molecule is O=C1c2c(cccc2-c2ccnc(Cl)c2)CN1CCc1ccc2ccccc2n1. The van der Waals surface area contributed by atoms with Gasteiger partial charge in [-0.15, -0.1) is 0 Å². The van der Waals surface area contributed by atoms with Gasteiger partial charge in [-0.1, -0.05) is 54.1 Å². The maximum Gasteiger partial charge on any atom is 0.255 e. The van der Waals surface area contributed by atoms with Gasteiger partial charge in [0.25, 0.3) is 5.91 Å². The van der Waals surface area contributed by atoms with Gasteiger partial charge in [-0.2, -0.15) is 0 Å². The summed E-state index contributed by atoms with van der Waals surface area (Å²) in [6.07, 6.45) is 2.39. The standard InChI is InChI=1S/C24H18ClN3O/c25-22-14-17(10-12-26-22)20-6-3-5-18-15-28(24(29)23(18)20)13-11-19-9-8-16-4-1-2-7-21(16)27-19/h1-10,12,14H,11,13,15H2. The van der Waals surface area contributed by atoms with Gasteiger partial charge in [-0.05, 0) is 41.0 Å². The summed E-state index contributed by atoms with van der Waals surface area (Å²) in [5.74, 6) is 0.0596. The third-order valence-electron chi connectivity index (χ3n) is 5.34. The summed E-state index contributed by atoms with van der Waals surface area (Å²) in [6, 6.07) is 21.9. The first-order chi connectivity index (χ1) is 14.2. The highest BCUT2D eigenvalue weighted by atomic mass is 35.5. The summed E-state index contributed by atoms with van der Waals surface area (Å²) < 4.78 is 0. The minimum absolute atomic E-state index is 0.0596. The third-order valence-corrected chi connectivity index (χ3v) is 5.55. The quantitative estimate of drug-likeness (QED) is 0.446. The number of amides is 1. The Balaban J connectivity index is 1.38. The maximum atomic E-state index is 13.2. The van der Waals surface area contributed by atoms with Gasteiger partial charge in [0, 0.05) is 36.8 Å². The smallest absolute Gasteiger partial charge is 0.255 e. The highest BCUT2D eigenvalue weighted by Crippen LogP contribution is 2.33. The van der Waals surface area contributed by atoms with Crippen molar-refractivity contribution in [1.82, 2.24) is 14.9 Å². The molecule has 0 unspecified atom stereocenters. The summed E-state index contributed by atoms with van der Waals surface area (Å²) in [4.78, 5) is 23.8. The molecule has 0 bridgehead atoms. The summed E-state index contributed by atoms with van der Waals surface area (Å²) in [5.41, 5.74) is 5.61. The van der Waals surface area contributed by atoms with Crippen LogP contribution in [0.3, 0.4) is 0 Å². The average molecular weight is 400 g/mol. The van der Waals surface area contributed by atoms with Crippen LogP contribution in [0.25, 0.3) is 22.0 Å². The van der Waals surface area contributed by atoms with Crippen LogP contribution in [-0.4, -0.2) is 27.3 Å². The number of nitrogens with zero attached hydrogens (tertiary/aromatic N) is 3. The monoisotopic (exact) mass is 399 g/mol. The van der Waals surface area contributed by atoms with Crippen molar-refractivity contribution in [3.63, 3.8) is 0 Å². The van der Waals surface area contributed by atoms with Crippen LogP contribution in [0.15, 0.2) is 72.9 Å². The molecule has 1 amide bonds. The first-order valence-corrected chi connectivity index (χ1v) is 9.94. The molecule has 1 aliphatic heterocycles. The molecular weight excluding hydrogens is 382 g/mol. The molecule has 0 spiro atoms. The Labute approximate surface area is 173 Å². The molecule has 1 aliphatic rings. The third kappa shape index (κ3) is 3.36. The van der Waals surface area contributed by atoms with E-state index in [0.29, 0.717) is 18.2 Å². The van der Waals surface area contributed by atoms with Crippen LogP contribution in [0.2, 0.25) is 5.15 Å². The minimum Gasteiger partial charge on any atom is -0.334 e. The van der Waals surface area contributed by atoms with Crippen LogP contribution in [0.4, 0.5) is 0 Å². The number of halogens is 1. The normalized spacial score (nSPS) is 13.1. The van der Waals surface area contributed by atoms with Gasteiger partial charge in [0.1, 0.15) is 5.15 Å². The number of carbonyl (C=O) groups is 1. The Morgan fingerprint density at radius 3 is 2.79 bits per heavy atom. The number of para-hydroxylation sites is 1. The lowest BCUT2D eigenvalue weighted by molar-refractivity contribution is 0.0780. The average Bonchev–Trinajstić information content (AvgIpc) is 3.08. The van der Waals surface area contributed by atoms with Crippen molar-refractivity contribution >= 4 is 28.4 Å². The Morgan fingerprint density at radius 1 is 1.00 bits per heavy atom. The zero-order valence-corrected chi connectivity index (χ0v) is 16.4. The second-order valence-electron chi connectivity index (χ2n) is 7.18. The van der Waals surface area contributed by atoms with Crippen molar-refractivity contribution in [2.75, 3.05) is 6.54 Å². The summed E-state index contributed by atoms with van der Waals surface area (Å²) in [6.45, 7) is 1.25. The number of pyridine rings is 2. The van der Waals surface area contributed by atoms with Crippen molar-refractivity contribution < 1.29 is 4.79 Å². The Bertz CT molecular complexity index is 1240. The van der Waals surface area contributed by atoms with E-state index in [9.17, 15) is 4.79 Å². The fourth-order valence-electron chi connectivity index (χ4n) is 3.91. The van der Waals surface area contributed by atoms with Crippen molar-refractivity contribution in [2.24, 2.45) is 0 Å². The highest BCUT2D eigenvalue weighted by Gasteiger charge is 2.29. The predicted octanol–water partition coefficient (Wildman–Crippen LogP) is 5.15. The van der Waals surface area contributed by atoms with Crippen LogP contribution >= 0.6 is 11.6 Å². The molecule has 29 heavy (non-hydrogen) atoms. The number of aromatic nitrogens is 2. The van der Waals surface area contributed by atoms with Gasteiger partial charge < -0.3 is 4.90 Å². The van der Waals surface area contributed by atoms with Crippen LogP contribution in [0.1, 0.15) is 21.6 Å². The topological polar surface area (TPSA) is 46.1 Å². The largest absolute Gasteiger partial charge is 0.334 e. The summed E-state index contributed by atoms with van der Waals surface area (Å²) in [7, 11) is 0. The van der Waals surface area contributed by atoms with E-state index in [1.807, 2.05) is 53.4 Å². The van der Waals surface area contributed by atoms with Crippen LogP contribution < -0.4 is 0 Å². The molecule has 2 aromatic carbocycles.